The van der Waals surface area contributed by atoms with Crippen LogP contribution in [-0.4, -0.2) is 45.5 Å². The van der Waals surface area contributed by atoms with Crippen LogP contribution in [-0.2, 0) is 0 Å². The number of nitrogens with zero attached hydrogens (tertiary/aromatic N) is 3. The summed E-state index contributed by atoms with van der Waals surface area (Å²) in [4.78, 5) is 26.9. The topological polar surface area (TPSA) is 71.1 Å². The third kappa shape index (κ3) is 3.39. The molecule has 0 bridgehead atoms. The van der Waals surface area contributed by atoms with E-state index in [9.17, 15) is 4.79 Å². The summed E-state index contributed by atoms with van der Waals surface area (Å²) in [6.45, 7) is 5.76. The molecule has 0 radical (unpaired) electrons. The maximum atomic E-state index is 13.0. The molecule has 4 heterocycles. The highest BCUT2D eigenvalue weighted by molar-refractivity contribution is 5.96. The highest BCUT2D eigenvalue weighted by atomic mass is 16.5. The Hall–Kier alpha value is -2.89. The number of aromatic nitrogens is 3. The molecule has 27 heavy (non-hydrogen) atoms. The van der Waals surface area contributed by atoms with Crippen LogP contribution < -0.4 is 4.74 Å². The largest absolute Gasteiger partial charge is 0.477 e. The predicted molar refractivity (Wildman–Crippen MR) is 104 cm³/mol. The van der Waals surface area contributed by atoms with Crippen molar-refractivity contribution in [2.75, 3.05) is 19.7 Å². The van der Waals surface area contributed by atoms with E-state index in [-0.39, 0.29) is 5.91 Å². The lowest BCUT2D eigenvalue weighted by Crippen LogP contribution is -2.38. The zero-order valence-corrected chi connectivity index (χ0v) is 15.7. The van der Waals surface area contributed by atoms with E-state index < -0.39 is 0 Å². The van der Waals surface area contributed by atoms with Gasteiger partial charge in [-0.05, 0) is 62.4 Å². The molecule has 6 heteroatoms. The van der Waals surface area contributed by atoms with E-state index in [1.807, 2.05) is 36.9 Å². The number of amides is 1. The van der Waals surface area contributed by atoms with Crippen molar-refractivity contribution in [1.82, 2.24) is 19.9 Å². The van der Waals surface area contributed by atoms with E-state index in [0.717, 1.165) is 37.3 Å². The molecule has 3 aromatic heterocycles. The van der Waals surface area contributed by atoms with Gasteiger partial charge in [0.05, 0.1) is 6.61 Å². The maximum Gasteiger partial charge on any atom is 0.259 e. The molecule has 3 aromatic rings. The van der Waals surface area contributed by atoms with Crippen molar-refractivity contribution in [3.8, 4) is 5.88 Å². The van der Waals surface area contributed by atoms with Crippen LogP contribution in [0.1, 0.15) is 47.3 Å². The number of hydrogen-bond acceptors (Lipinski definition) is 4. The van der Waals surface area contributed by atoms with Gasteiger partial charge < -0.3 is 14.6 Å². The summed E-state index contributed by atoms with van der Waals surface area (Å²) in [7, 11) is 0. The number of ether oxygens (including phenoxy) is 1. The summed E-state index contributed by atoms with van der Waals surface area (Å²) >= 11 is 0. The third-order valence-corrected chi connectivity index (χ3v) is 5.22. The van der Waals surface area contributed by atoms with Gasteiger partial charge in [-0.2, -0.15) is 0 Å². The van der Waals surface area contributed by atoms with Crippen molar-refractivity contribution in [3.05, 3.63) is 53.5 Å². The number of piperidine rings is 1. The number of pyridine rings is 2. The summed E-state index contributed by atoms with van der Waals surface area (Å²) in [6.07, 6.45) is 5.75. The molecule has 1 N–H and O–H groups in total. The number of aromatic amines is 1. The van der Waals surface area contributed by atoms with Crippen LogP contribution in [0.25, 0.3) is 11.0 Å². The molecule has 1 amide bonds. The Morgan fingerprint density at radius 1 is 1.30 bits per heavy atom. The van der Waals surface area contributed by atoms with E-state index >= 15 is 0 Å². The normalized spacial score (nSPS) is 15.3. The predicted octanol–water partition coefficient (Wildman–Crippen LogP) is 3.68. The lowest BCUT2D eigenvalue weighted by molar-refractivity contribution is 0.0708. The van der Waals surface area contributed by atoms with Gasteiger partial charge in [0.25, 0.3) is 5.91 Å². The first-order chi connectivity index (χ1) is 13.2. The smallest absolute Gasteiger partial charge is 0.259 e. The fourth-order valence-corrected chi connectivity index (χ4v) is 3.82. The molecule has 6 nitrogen and oxygen atoms in total. The van der Waals surface area contributed by atoms with Gasteiger partial charge in [0.2, 0.25) is 5.88 Å². The Kier molecular flexibility index (Phi) is 4.79. The Labute approximate surface area is 158 Å². The van der Waals surface area contributed by atoms with Crippen molar-refractivity contribution >= 4 is 16.9 Å². The number of carbonyl (C=O) groups excluding carboxylic acids is 1. The molecule has 1 aliphatic rings. The highest BCUT2D eigenvalue weighted by Gasteiger charge is 2.28. The quantitative estimate of drug-likeness (QED) is 0.766. The fourth-order valence-electron chi connectivity index (χ4n) is 3.82. The van der Waals surface area contributed by atoms with Gasteiger partial charge in [0, 0.05) is 36.6 Å². The maximum absolute atomic E-state index is 13.0. The summed E-state index contributed by atoms with van der Waals surface area (Å²) in [5.41, 5.74) is 3.63. The lowest BCUT2D eigenvalue weighted by atomic mass is 9.89. The van der Waals surface area contributed by atoms with Gasteiger partial charge in [-0.3, -0.25) is 4.79 Å². The monoisotopic (exact) mass is 364 g/mol. The second-order valence-electron chi connectivity index (χ2n) is 6.95. The van der Waals surface area contributed by atoms with Gasteiger partial charge in [-0.15, -0.1) is 0 Å². The Morgan fingerprint density at radius 2 is 2.11 bits per heavy atom. The number of H-pyrrole nitrogens is 1. The highest BCUT2D eigenvalue weighted by Crippen LogP contribution is 2.33. The number of fused-ring (bicyclic) bond motifs is 1. The van der Waals surface area contributed by atoms with Gasteiger partial charge >= 0.3 is 0 Å². The minimum absolute atomic E-state index is 0.00462. The van der Waals surface area contributed by atoms with Crippen LogP contribution in [0.3, 0.4) is 0 Å². The molecular formula is C21H24N4O2. The van der Waals surface area contributed by atoms with Crippen molar-refractivity contribution < 1.29 is 9.53 Å². The fraction of sp³-hybridized carbons (Fsp3) is 0.381. The molecule has 0 atom stereocenters. The zero-order chi connectivity index (χ0) is 18.8. The Bertz CT molecular complexity index is 958. The van der Waals surface area contributed by atoms with Crippen molar-refractivity contribution in [2.45, 2.75) is 32.6 Å². The van der Waals surface area contributed by atoms with Gasteiger partial charge in [-0.25, -0.2) is 9.97 Å². The van der Waals surface area contributed by atoms with E-state index in [0.29, 0.717) is 24.0 Å². The van der Waals surface area contributed by atoms with Gasteiger partial charge in [0.15, 0.2) is 0 Å². The molecule has 1 aliphatic heterocycles. The van der Waals surface area contributed by atoms with E-state index in [1.165, 1.54) is 10.9 Å². The van der Waals surface area contributed by atoms with Crippen LogP contribution in [0.5, 0.6) is 5.88 Å². The van der Waals surface area contributed by atoms with Crippen LogP contribution in [0.15, 0.2) is 36.7 Å². The molecule has 0 aromatic carbocycles. The second-order valence-corrected chi connectivity index (χ2v) is 6.95. The number of likely N-dealkylation sites (tertiary alicyclic amines) is 1. The first-order valence-corrected chi connectivity index (χ1v) is 9.49. The summed E-state index contributed by atoms with van der Waals surface area (Å²) < 4.78 is 5.59. The number of carbonyl (C=O) groups is 1. The van der Waals surface area contributed by atoms with Crippen molar-refractivity contribution in [3.63, 3.8) is 0 Å². The lowest BCUT2D eigenvalue weighted by Gasteiger charge is -2.32. The van der Waals surface area contributed by atoms with Gasteiger partial charge in [-0.1, -0.05) is 0 Å². The summed E-state index contributed by atoms with van der Waals surface area (Å²) in [5.74, 6) is 0.881. The first kappa shape index (κ1) is 17.5. The molecule has 4 rings (SSSR count). The van der Waals surface area contributed by atoms with E-state index in [2.05, 4.69) is 27.2 Å². The summed E-state index contributed by atoms with van der Waals surface area (Å²) in [5, 5.41) is 1.18. The number of rotatable bonds is 4. The SMILES string of the molecule is CCOc1nc(C)ccc1C(=O)N1CCC(c2c[nH]c3ncccc23)CC1. The molecule has 0 saturated carbocycles. The Balaban J connectivity index is 1.49. The van der Waals surface area contributed by atoms with Crippen LogP contribution in [0.4, 0.5) is 0 Å². The van der Waals surface area contributed by atoms with E-state index in [4.69, 9.17) is 4.74 Å². The minimum Gasteiger partial charge on any atom is -0.477 e. The van der Waals surface area contributed by atoms with Crippen molar-refractivity contribution in [1.29, 1.82) is 0 Å². The second kappa shape index (κ2) is 7.39. The Morgan fingerprint density at radius 3 is 2.89 bits per heavy atom. The van der Waals surface area contributed by atoms with Crippen LogP contribution in [0.2, 0.25) is 0 Å². The molecule has 0 spiro atoms. The number of aryl methyl sites for hydroxylation is 1. The van der Waals surface area contributed by atoms with Gasteiger partial charge in [0.1, 0.15) is 11.2 Å². The van der Waals surface area contributed by atoms with Crippen LogP contribution >= 0.6 is 0 Å². The van der Waals surface area contributed by atoms with Crippen molar-refractivity contribution in [2.24, 2.45) is 0 Å². The molecule has 1 saturated heterocycles. The number of nitrogens with one attached hydrogen (secondary N) is 1. The third-order valence-electron chi connectivity index (χ3n) is 5.22. The summed E-state index contributed by atoms with van der Waals surface area (Å²) in [6, 6.07) is 7.77. The van der Waals surface area contributed by atoms with E-state index in [1.54, 1.807) is 6.20 Å². The average Bonchev–Trinajstić information content (AvgIpc) is 3.12. The zero-order valence-electron chi connectivity index (χ0n) is 15.7. The molecule has 140 valence electrons. The molecule has 0 aliphatic carbocycles. The average molecular weight is 364 g/mol. The minimum atomic E-state index is 0.00462. The number of hydrogen-bond donors (Lipinski definition) is 1. The molecule has 0 unspecified atom stereocenters. The standard InChI is InChI=1S/C21H24N4O2/c1-3-27-20-17(7-6-14(2)24-20)21(26)25-11-8-15(9-12-25)18-13-23-19-16(18)5-4-10-22-19/h4-7,10,13,15H,3,8-9,11-12H2,1-2H3,(H,22,23). The molecule has 1 fully saturated rings. The molecular weight excluding hydrogens is 340 g/mol. The van der Waals surface area contributed by atoms with Crippen LogP contribution in [0, 0.1) is 6.92 Å². The first-order valence-electron chi connectivity index (χ1n) is 9.49.